The molecule has 0 bridgehead atoms. The van der Waals surface area contributed by atoms with Crippen molar-refractivity contribution in [1.82, 2.24) is 0 Å². The summed E-state index contributed by atoms with van der Waals surface area (Å²) in [5.41, 5.74) is 3.49. The molecule has 86 valence electrons. The number of hydrogen-bond acceptors (Lipinski definition) is 0. The number of halogens is 2. The van der Waals surface area contributed by atoms with E-state index in [-0.39, 0.29) is 0 Å². The van der Waals surface area contributed by atoms with Crippen molar-refractivity contribution < 1.29 is 0 Å². The van der Waals surface area contributed by atoms with Crippen LogP contribution in [-0.2, 0) is 0 Å². The van der Waals surface area contributed by atoms with Gasteiger partial charge in [-0.05, 0) is 34.9 Å². The number of rotatable bonds is 3. The Morgan fingerprint density at radius 3 is 2.41 bits per heavy atom. The molecule has 0 radical (unpaired) electrons. The van der Waals surface area contributed by atoms with Crippen molar-refractivity contribution in [2.75, 3.05) is 5.88 Å². The van der Waals surface area contributed by atoms with Crippen LogP contribution in [0.25, 0.3) is 17.2 Å². The maximum Gasteiger partial charge on any atom is 0.0407 e. The van der Waals surface area contributed by atoms with Crippen LogP contribution in [0.2, 0.25) is 5.02 Å². The normalized spacial score (nSPS) is 10.9. The zero-order valence-corrected chi connectivity index (χ0v) is 10.7. The quantitative estimate of drug-likeness (QED) is 0.662. The predicted octanol–water partition coefficient (Wildman–Crippen LogP) is 5.26. The number of allylic oxidation sites excluding steroid dienone is 1. The Bertz CT molecular complexity index is 513. The van der Waals surface area contributed by atoms with E-state index in [0.29, 0.717) is 5.88 Å². The summed E-state index contributed by atoms with van der Waals surface area (Å²) in [7, 11) is 0. The largest absolute Gasteiger partial charge is 0.122 e. The molecular weight excluding hydrogens is 251 g/mol. The van der Waals surface area contributed by atoms with E-state index in [9.17, 15) is 0 Å². The number of benzene rings is 2. The molecule has 17 heavy (non-hydrogen) atoms. The van der Waals surface area contributed by atoms with Crippen LogP contribution in [-0.4, -0.2) is 5.88 Å². The fourth-order valence-corrected chi connectivity index (χ4v) is 1.86. The van der Waals surface area contributed by atoms with Gasteiger partial charge in [0.15, 0.2) is 0 Å². The van der Waals surface area contributed by atoms with Crippen LogP contribution in [0.3, 0.4) is 0 Å². The molecule has 0 aliphatic heterocycles. The highest BCUT2D eigenvalue weighted by Crippen LogP contribution is 2.22. The van der Waals surface area contributed by atoms with E-state index in [4.69, 9.17) is 23.2 Å². The van der Waals surface area contributed by atoms with Crippen LogP contribution in [0.15, 0.2) is 54.6 Å². The molecule has 0 aliphatic carbocycles. The molecule has 0 heterocycles. The Morgan fingerprint density at radius 1 is 0.941 bits per heavy atom. The lowest BCUT2D eigenvalue weighted by atomic mass is 10.0. The number of alkyl halides is 1. The van der Waals surface area contributed by atoms with E-state index in [0.717, 1.165) is 16.1 Å². The third kappa shape index (κ3) is 3.36. The topological polar surface area (TPSA) is 0 Å². The minimum absolute atomic E-state index is 0.533. The summed E-state index contributed by atoms with van der Waals surface area (Å²) >= 11 is 11.5. The van der Waals surface area contributed by atoms with Gasteiger partial charge >= 0.3 is 0 Å². The Labute approximate surface area is 112 Å². The zero-order chi connectivity index (χ0) is 12.1. The minimum atomic E-state index is 0.533. The van der Waals surface area contributed by atoms with Crippen molar-refractivity contribution in [3.05, 3.63) is 65.2 Å². The standard InChI is InChI=1S/C15H12Cl2/c16-10-2-4-12-3-1-5-14(11-12)13-6-8-15(17)9-7-13/h1-9,11H,10H2. The van der Waals surface area contributed by atoms with Crippen molar-refractivity contribution in [3.8, 4) is 11.1 Å². The predicted molar refractivity (Wildman–Crippen MR) is 76.6 cm³/mol. The molecule has 0 nitrogen and oxygen atoms in total. The summed E-state index contributed by atoms with van der Waals surface area (Å²) in [6.07, 6.45) is 3.95. The van der Waals surface area contributed by atoms with Gasteiger partial charge in [0.1, 0.15) is 0 Å². The summed E-state index contributed by atoms with van der Waals surface area (Å²) < 4.78 is 0. The Balaban J connectivity index is 2.32. The highest BCUT2D eigenvalue weighted by atomic mass is 35.5. The van der Waals surface area contributed by atoms with Crippen molar-refractivity contribution in [1.29, 1.82) is 0 Å². The molecule has 0 saturated carbocycles. The maximum absolute atomic E-state index is 5.87. The molecule has 0 aliphatic rings. The molecular formula is C15H12Cl2. The van der Waals surface area contributed by atoms with Gasteiger partial charge in [0, 0.05) is 10.9 Å². The molecule has 0 aromatic heterocycles. The first-order chi connectivity index (χ1) is 8.29. The maximum atomic E-state index is 5.87. The van der Waals surface area contributed by atoms with Crippen LogP contribution >= 0.6 is 23.2 Å². The van der Waals surface area contributed by atoms with Crippen LogP contribution in [0, 0.1) is 0 Å². The summed E-state index contributed by atoms with van der Waals surface area (Å²) in [5.74, 6) is 0.533. The van der Waals surface area contributed by atoms with Gasteiger partial charge in [0.25, 0.3) is 0 Å². The lowest BCUT2D eigenvalue weighted by Crippen LogP contribution is -1.79. The molecule has 0 N–H and O–H groups in total. The molecule has 0 fully saturated rings. The van der Waals surface area contributed by atoms with Crippen molar-refractivity contribution in [2.24, 2.45) is 0 Å². The van der Waals surface area contributed by atoms with Crippen LogP contribution in [0.4, 0.5) is 0 Å². The first-order valence-corrected chi connectivity index (χ1v) is 6.29. The number of hydrogen-bond donors (Lipinski definition) is 0. The van der Waals surface area contributed by atoms with Gasteiger partial charge in [-0.25, -0.2) is 0 Å². The van der Waals surface area contributed by atoms with E-state index in [2.05, 4.69) is 18.2 Å². The van der Waals surface area contributed by atoms with Crippen molar-refractivity contribution >= 4 is 29.3 Å². The third-order valence-corrected chi connectivity index (χ3v) is 2.89. The first-order valence-electron chi connectivity index (χ1n) is 5.38. The lowest BCUT2D eigenvalue weighted by Gasteiger charge is -2.03. The molecule has 2 rings (SSSR count). The second-order valence-electron chi connectivity index (χ2n) is 3.69. The second-order valence-corrected chi connectivity index (χ2v) is 4.43. The lowest BCUT2D eigenvalue weighted by molar-refractivity contribution is 1.59. The Morgan fingerprint density at radius 2 is 1.71 bits per heavy atom. The van der Waals surface area contributed by atoms with Crippen LogP contribution in [0.5, 0.6) is 0 Å². The first kappa shape index (κ1) is 12.2. The Hall–Kier alpha value is -1.24. The van der Waals surface area contributed by atoms with E-state index in [1.54, 1.807) is 0 Å². The van der Waals surface area contributed by atoms with Gasteiger partial charge in [0.2, 0.25) is 0 Å². The summed E-state index contributed by atoms with van der Waals surface area (Å²) in [6.45, 7) is 0. The average Bonchev–Trinajstić information content (AvgIpc) is 2.37. The SMILES string of the molecule is ClCC=Cc1cccc(-c2ccc(Cl)cc2)c1. The highest BCUT2D eigenvalue weighted by Gasteiger charge is 1.97. The van der Waals surface area contributed by atoms with E-state index < -0.39 is 0 Å². The van der Waals surface area contributed by atoms with Crippen LogP contribution < -0.4 is 0 Å². The molecule has 2 aromatic carbocycles. The van der Waals surface area contributed by atoms with Gasteiger partial charge in [-0.2, -0.15) is 0 Å². The van der Waals surface area contributed by atoms with E-state index in [1.165, 1.54) is 5.56 Å². The molecule has 0 saturated heterocycles. The van der Waals surface area contributed by atoms with E-state index >= 15 is 0 Å². The highest BCUT2D eigenvalue weighted by molar-refractivity contribution is 6.30. The van der Waals surface area contributed by atoms with Crippen molar-refractivity contribution in [3.63, 3.8) is 0 Å². The van der Waals surface area contributed by atoms with Gasteiger partial charge in [0.05, 0.1) is 0 Å². The van der Waals surface area contributed by atoms with Gasteiger partial charge in [-0.3, -0.25) is 0 Å². The zero-order valence-electron chi connectivity index (χ0n) is 9.24. The van der Waals surface area contributed by atoms with Gasteiger partial charge < -0.3 is 0 Å². The Kier molecular flexibility index (Phi) is 4.24. The smallest absolute Gasteiger partial charge is 0.0407 e. The summed E-state index contributed by atoms with van der Waals surface area (Å²) in [5, 5.41) is 0.756. The molecule has 0 atom stereocenters. The fraction of sp³-hybridized carbons (Fsp3) is 0.0667. The molecule has 2 aromatic rings. The fourth-order valence-electron chi connectivity index (χ4n) is 1.64. The second kappa shape index (κ2) is 5.90. The minimum Gasteiger partial charge on any atom is -0.122 e. The monoisotopic (exact) mass is 262 g/mol. The van der Waals surface area contributed by atoms with E-state index in [1.807, 2.05) is 42.5 Å². The van der Waals surface area contributed by atoms with Crippen LogP contribution in [0.1, 0.15) is 5.56 Å². The van der Waals surface area contributed by atoms with Gasteiger partial charge in [-0.1, -0.05) is 54.1 Å². The molecule has 0 spiro atoms. The summed E-state index contributed by atoms with van der Waals surface area (Å²) in [4.78, 5) is 0. The molecule has 0 unspecified atom stereocenters. The average molecular weight is 263 g/mol. The molecule has 0 amide bonds. The van der Waals surface area contributed by atoms with Crippen molar-refractivity contribution in [2.45, 2.75) is 0 Å². The third-order valence-electron chi connectivity index (χ3n) is 2.46. The molecule has 2 heteroatoms. The summed E-state index contributed by atoms with van der Waals surface area (Å²) in [6, 6.07) is 16.2. The van der Waals surface area contributed by atoms with Gasteiger partial charge in [-0.15, -0.1) is 11.6 Å².